The lowest BCUT2D eigenvalue weighted by Gasteiger charge is -2.25. The molecule has 0 spiro atoms. The van der Waals surface area contributed by atoms with Crippen LogP contribution in [0.15, 0.2) is 35.2 Å². The van der Waals surface area contributed by atoms with Crippen LogP contribution in [0.25, 0.3) is 0 Å². The predicted molar refractivity (Wildman–Crippen MR) is 104 cm³/mol. The number of hydrogen-bond acceptors (Lipinski definition) is 5. The fourth-order valence-corrected chi connectivity index (χ4v) is 3.02. The molecular weight excluding hydrogens is 368 g/mol. The van der Waals surface area contributed by atoms with Gasteiger partial charge < -0.3 is 20.5 Å². The number of carboxylic acid groups (broad SMARTS) is 1. The van der Waals surface area contributed by atoms with Gasteiger partial charge in [-0.25, -0.2) is 9.59 Å². The molecule has 3 N–H and O–H groups in total. The molecule has 0 aliphatic heterocycles. The summed E-state index contributed by atoms with van der Waals surface area (Å²) in [5, 5.41) is 13.3. The predicted octanol–water partition coefficient (Wildman–Crippen LogP) is 3.25. The number of carboxylic acids is 1. The maximum absolute atomic E-state index is 12.6. The van der Waals surface area contributed by atoms with Gasteiger partial charge in [0.05, 0.1) is 0 Å². The number of rotatable bonds is 8. The molecule has 150 valence electrons. The molecule has 0 fully saturated rings. The fourth-order valence-electron chi connectivity index (χ4n) is 2.16. The van der Waals surface area contributed by atoms with Crippen LogP contribution in [0, 0.1) is 5.92 Å². The molecule has 2 atom stereocenters. The number of ether oxygens (including phenoxy) is 1. The molecule has 0 bridgehead atoms. The average molecular weight is 397 g/mol. The minimum atomic E-state index is -1.17. The summed E-state index contributed by atoms with van der Waals surface area (Å²) in [7, 11) is 0. The van der Waals surface area contributed by atoms with Crippen molar-refractivity contribution in [1.82, 2.24) is 10.6 Å². The fraction of sp³-hybridized carbons (Fsp3) is 0.526. The lowest BCUT2D eigenvalue weighted by molar-refractivity contribution is -0.139. The number of carbonyl (C=O) groups is 3. The molecule has 2 amide bonds. The molecule has 7 nitrogen and oxygen atoms in total. The maximum Gasteiger partial charge on any atom is 0.408 e. The lowest BCUT2D eigenvalue weighted by atomic mass is 10.0. The van der Waals surface area contributed by atoms with Gasteiger partial charge in [-0.3, -0.25) is 4.79 Å². The van der Waals surface area contributed by atoms with E-state index in [9.17, 15) is 19.5 Å². The van der Waals surface area contributed by atoms with Gasteiger partial charge in [0.1, 0.15) is 11.6 Å². The van der Waals surface area contributed by atoms with E-state index in [1.807, 2.05) is 19.9 Å². The number of carbonyl (C=O) groups excluding carboxylic acids is 2. The topological polar surface area (TPSA) is 105 Å². The number of nitrogens with one attached hydrogen (secondary N) is 2. The first-order valence-electron chi connectivity index (χ1n) is 8.72. The monoisotopic (exact) mass is 396 g/mol. The molecule has 0 aliphatic rings. The summed E-state index contributed by atoms with van der Waals surface area (Å²) in [6.45, 7) is 8.98. The van der Waals surface area contributed by atoms with Crippen LogP contribution < -0.4 is 10.6 Å². The molecule has 0 aromatic heterocycles. The first kappa shape index (κ1) is 22.8. The van der Waals surface area contributed by atoms with E-state index in [0.717, 1.165) is 11.8 Å². The van der Waals surface area contributed by atoms with E-state index in [1.165, 1.54) is 0 Å². The minimum Gasteiger partial charge on any atom is -0.479 e. The van der Waals surface area contributed by atoms with Crippen LogP contribution in [0.5, 0.6) is 0 Å². The summed E-state index contributed by atoms with van der Waals surface area (Å²) in [5.74, 6) is -1.62. The SMILES string of the molecule is CC(C)C[C@H](NC(=O)OC(C)(C)C)C(=O)NC(Sc1ccccc1)C(=O)O. The Bertz CT molecular complexity index is 643. The van der Waals surface area contributed by atoms with E-state index in [0.29, 0.717) is 11.3 Å². The first-order chi connectivity index (χ1) is 12.5. The minimum absolute atomic E-state index is 0.112. The zero-order valence-corrected chi connectivity index (χ0v) is 17.1. The van der Waals surface area contributed by atoms with E-state index in [4.69, 9.17) is 4.74 Å². The zero-order valence-electron chi connectivity index (χ0n) is 16.3. The van der Waals surface area contributed by atoms with Crippen molar-refractivity contribution in [2.45, 2.75) is 63.0 Å². The summed E-state index contributed by atoms with van der Waals surface area (Å²) in [6, 6.07) is 8.03. The van der Waals surface area contributed by atoms with Crippen LogP contribution in [0.3, 0.4) is 0 Å². The van der Waals surface area contributed by atoms with Gasteiger partial charge in [-0.1, -0.05) is 43.8 Å². The molecule has 1 unspecified atom stereocenters. The van der Waals surface area contributed by atoms with Gasteiger partial charge >= 0.3 is 12.1 Å². The second-order valence-electron chi connectivity index (χ2n) is 7.49. The first-order valence-corrected chi connectivity index (χ1v) is 9.60. The Hall–Kier alpha value is -2.22. The number of hydrogen-bond donors (Lipinski definition) is 3. The van der Waals surface area contributed by atoms with E-state index < -0.39 is 35.0 Å². The van der Waals surface area contributed by atoms with Crippen molar-refractivity contribution < 1.29 is 24.2 Å². The van der Waals surface area contributed by atoms with Gasteiger partial charge in [-0.05, 0) is 45.2 Å². The molecule has 0 aliphatic carbocycles. The molecule has 0 heterocycles. The van der Waals surface area contributed by atoms with E-state index in [1.54, 1.807) is 45.0 Å². The molecule has 1 aromatic carbocycles. The van der Waals surface area contributed by atoms with Crippen molar-refractivity contribution in [1.29, 1.82) is 0 Å². The highest BCUT2D eigenvalue weighted by Crippen LogP contribution is 2.22. The Balaban J connectivity index is 2.82. The van der Waals surface area contributed by atoms with Gasteiger partial charge in [0.2, 0.25) is 5.91 Å². The highest BCUT2D eigenvalue weighted by molar-refractivity contribution is 8.00. The van der Waals surface area contributed by atoms with Crippen molar-refractivity contribution in [2.24, 2.45) is 5.92 Å². The molecule has 1 rings (SSSR count). The molecule has 8 heteroatoms. The molecular formula is C19H28N2O5S. The third-order valence-electron chi connectivity index (χ3n) is 3.21. The van der Waals surface area contributed by atoms with Gasteiger partial charge in [0.25, 0.3) is 0 Å². The Morgan fingerprint density at radius 1 is 1.11 bits per heavy atom. The van der Waals surface area contributed by atoms with E-state index >= 15 is 0 Å². The normalized spacial score (nSPS) is 13.6. The second-order valence-corrected chi connectivity index (χ2v) is 8.66. The molecule has 0 radical (unpaired) electrons. The second kappa shape index (κ2) is 10.2. The van der Waals surface area contributed by atoms with Crippen LogP contribution in [-0.4, -0.2) is 40.1 Å². The number of amides is 2. The van der Waals surface area contributed by atoms with E-state index in [2.05, 4.69) is 10.6 Å². The summed E-state index contributed by atoms with van der Waals surface area (Å²) in [4.78, 5) is 36.9. The van der Waals surface area contributed by atoms with Gasteiger partial charge in [0.15, 0.2) is 5.37 Å². The maximum atomic E-state index is 12.6. The summed E-state index contributed by atoms with van der Waals surface area (Å²) >= 11 is 1.01. The third kappa shape index (κ3) is 9.33. The van der Waals surface area contributed by atoms with Crippen molar-refractivity contribution in [3.63, 3.8) is 0 Å². The highest BCUT2D eigenvalue weighted by Gasteiger charge is 2.29. The van der Waals surface area contributed by atoms with Gasteiger partial charge in [-0.2, -0.15) is 0 Å². The third-order valence-corrected chi connectivity index (χ3v) is 4.31. The van der Waals surface area contributed by atoms with Crippen LogP contribution in [0.1, 0.15) is 41.0 Å². The smallest absolute Gasteiger partial charge is 0.408 e. The lowest BCUT2D eigenvalue weighted by Crippen LogP contribution is -2.52. The zero-order chi connectivity index (χ0) is 20.6. The van der Waals surface area contributed by atoms with Crippen molar-refractivity contribution in [3.8, 4) is 0 Å². The van der Waals surface area contributed by atoms with Crippen molar-refractivity contribution >= 4 is 29.7 Å². The van der Waals surface area contributed by atoms with Crippen molar-refractivity contribution in [3.05, 3.63) is 30.3 Å². The quantitative estimate of drug-likeness (QED) is 0.460. The van der Waals surface area contributed by atoms with Crippen LogP contribution >= 0.6 is 11.8 Å². The van der Waals surface area contributed by atoms with Gasteiger partial charge in [0, 0.05) is 4.90 Å². The number of aliphatic carboxylic acids is 1. The average Bonchev–Trinajstić information content (AvgIpc) is 2.52. The van der Waals surface area contributed by atoms with Crippen molar-refractivity contribution in [2.75, 3.05) is 0 Å². The Morgan fingerprint density at radius 3 is 2.19 bits per heavy atom. The Labute approximate surface area is 164 Å². The summed E-state index contributed by atoms with van der Waals surface area (Å²) in [5.41, 5.74) is -0.699. The number of thioether (sulfide) groups is 1. The number of alkyl carbamates (subject to hydrolysis) is 1. The highest BCUT2D eigenvalue weighted by atomic mass is 32.2. The Morgan fingerprint density at radius 2 is 1.70 bits per heavy atom. The van der Waals surface area contributed by atoms with Crippen LogP contribution in [0.2, 0.25) is 0 Å². The molecule has 27 heavy (non-hydrogen) atoms. The summed E-state index contributed by atoms with van der Waals surface area (Å²) < 4.78 is 5.20. The summed E-state index contributed by atoms with van der Waals surface area (Å²) in [6.07, 6.45) is -0.362. The van der Waals surface area contributed by atoms with Gasteiger partial charge in [-0.15, -0.1) is 0 Å². The van der Waals surface area contributed by atoms with Crippen LogP contribution in [0.4, 0.5) is 4.79 Å². The molecule has 0 saturated heterocycles. The largest absolute Gasteiger partial charge is 0.479 e. The number of benzene rings is 1. The standard InChI is InChI=1S/C19H28N2O5S/c1-12(2)11-14(20-18(25)26-19(3,4)5)15(22)21-16(17(23)24)27-13-9-7-6-8-10-13/h6-10,12,14,16H,11H2,1-5H3,(H,20,25)(H,21,22)(H,23,24)/t14-,16?/m0/s1. The molecule has 1 aromatic rings. The molecule has 0 saturated carbocycles. The Kier molecular flexibility index (Phi) is 8.62. The van der Waals surface area contributed by atoms with E-state index in [-0.39, 0.29) is 5.92 Å². The van der Waals surface area contributed by atoms with Crippen LogP contribution in [-0.2, 0) is 14.3 Å².